The van der Waals surface area contributed by atoms with Gasteiger partial charge in [0.15, 0.2) is 0 Å². The summed E-state index contributed by atoms with van der Waals surface area (Å²) in [6.45, 7) is 4.36. The SMILES string of the molecule is CC/C=C\C/C=C\C/C=C\CCCCCCCC(=O)OC(CCCCCC)CCCCCCC(=O)O. The molecule has 1 N–H and O–H groups in total. The molecule has 0 rings (SSSR count). The highest BCUT2D eigenvalue weighted by Gasteiger charge is 2.14. The van der Waals surface area contributed by atoms with Crippen LogP contribution in [0.1, 0.15) is 149 Å². The first-order chi connectivity index (χ1) is 17.6. The van der Waals surface area contributed by atoms with E-state index in [9.17, 15) is 9.59 Å². The molecule has 4 heteroatoms. The molecule has 0 aliphatic rings. The Labute approximate surface area is 222 Å². The van der Waals surface area contributed by atoms with Crippen molar-refractivity contribution >= 4 is 11.9 Å². The number of carboxylic acids is 1. The number of carbonyl (C=O) groups excluding carboxylic acids is 1. The van der Waals surface area contributed by atoms with Crippen molar-refractivity contribution < 1.29 is 19.4 Å². The Bertz CT molecular complexity index is 591. The highest BCUT2D eigenvalue weighted by Crippen LogP contribution is 2.17. The van der Waals surface area contributed by atoms with Gasteiger partial charge < -0.3 is 9.84 Å². The Morgan fingerprint density at radius 2 is 1.17 bits per heavy atom. The van der Waals surface area contributed by atoms with E-state index in [1.807, 2.05) is 0 Å². The molecule has 0 amide bonds. The minimum Gasteiger partial charge on any atom is -0.481 e. The zero-order valence-corrected chi connectivity index (χ0v) is 23.6. The zero-order chi connectivity index (χ0) is 26.5. The van der Waals surface area contributed by atoms with Crippen LogP contribution in [0.5, 0.6) is 0 Å². The third kappa shape index (κ3) is 26.8. The lowest BCUT2D eigenvalue weighted by Gasteiger charge is -2.18. The van der Waals surface area contributed by atoms with Gasteiger partial charge in [-0.15, -0.1) is 0 Å². The molecular formula is C32H56O4. The number of allylic oxidation sites excluding steroid dienone is 6. The molecule has 36 heavy (non-hydrogen) atoms. The lowest BCUT2D eigenvalue weighted by molar-refractivity contribution is -0.150. The van der Waals surface area contributed by atoms with Crippen molar-refractivity contribution in [2.24, 2.45) is 0 Å². The van der Waals surface area contributed by atoms with Crippen molar-refractivity contribution in [3.05, 3.63) is 36.5 Å². The van der Waals surface area contributed by atoms with Crippen LogP contribution in [0.2, 0.25) is 0 Å². The van der Waals surface area contributed by atoms with Crippen LogP contribution in [0.15, 0.2) is 36.5 Å². The van der Waals surface area contributed by atoms with Gasteiger partial charge in [0, 0.05) is 12.8 Å². The first-order valence-corrected chi connectivity index (χ1v) is 15.0. The average molecular weight is 505 g/mol. The van der Waals surface area contributed by atoms with E-state index in [0.29, 0.717) is 6.42 Å². The van der Waals surface area contributed by atoms with Gasteiger partial charge in [-0.3, -0.25) is 9.59 Å². The summed E-state index contributed by atoms with van der Waals surface area (Å²) in [7, 11) is 0. The summed E-state index contributed by atoms with van der Waals surface area (Å²) in [5, 5.41) is 8.74. The maximum atomic E-state index is 12.4. The fourth-order valence-corrected chi connectivity index (χ4v) is 4.20. The van der Waals surface area contributed by atoms with Crippen molar-refractivity contribution in [3.63, 3.8) is 0 Å². The van der Waals surface area contributed by atoms with Crippen molar-refractivity contribution in [2.75, 3.05) is 0 Å². The van der Waals surface area contributed by atoms with Gasteiger partial charge in [-0.05, 0) is 70.6 Å². The Morgan fingerprint density at radius 3 is 1.81 bits per heavy atom. The topological polar surface area (TPSA) is 63.6 Å². The van der Waals surface area contributed by atoms with Gasteiger partial charge >= 0.3 is 11.9 Å². The van der Waals surface area contributed by atoms with E-state index in [4.69, 9.17) is 9.84 Å². The summed E-state index contributed by atoms with van der Waals surface area (Å²) in [5.41, 5.74) is 0. The van der Waals surface area contributed by atoms with E-state index in [0.717, 1.165) is 83.5 Å². The molecule has 0 aliphatic heterocycles. The molecule has 0 fully saturated rings. The molecule has 0 aromatic carbocycles. The second-order valence-corrected chi connectivity index (χ2v) is 9.91. The molecule has 1 unspecified atom stereocenters. The Morgan fingerprint density at radius 1 is 0.639 bits per heavy atom. The summed E-state index contributed by atoms with van der Waals surface area (Å²) in [6.07, 6.45) is 34.5. The molecule has 208 valence electrons. The first-order valence-electron chi connectivity index (χ1n) is 15.0. The molecule has 0 saturated carbocycles. The Hall–Kier alpha value is -1.84. The second-order valence-electron chi connectivity index (χ2n) is 9.91. The maximum absolute atomic E-state index is 12.4. The number of carboxylic acid groups (broad SMARTS) is 1. The third-order valence-electron chi connectivity index (χ3n) is 6.38. The smallest absolute Gasteiger partial charge is 0.306 e. The summed E-state index contributed by atoms with van der Waals surface area (Å²) in [5.74, 6) is -0.758. The Kier molecular flexibility index (Phi) is 26.3. The van der Waals surface area contributed by atoms with Gasteiger partial charge in [0.05, 0.1) is 0 Å². The zero-order valence-electron chi connectivity index (χ0n) is 23.6. The van der Waals surface area contributed by atoms with Gasteiger partial charge in [0.2, 0.25) is 0 Å². The molecular weight excluding hydrogens is 448 g/mol. The van der Waals surface area contributed by atoms with Crippen LogP contribution < -0.4 is 0 Å². The number of esters is 1. The summed E-state index contributed by atoms with van der Waals surface area (Å²) >= 11 is 0. The highest BCUT2D eigenvalue weighted by atomic mass is 16.5. The number of ether oxygens (including phenoxy) is 1. The normalized spacial score (nSPS) is 12.7. The summed E-state index contributed by atoms with van der Waals surface area (Å²) in [4.78, 5) is 23.0. The fraction of sp³-hybridized carbons (Fsp3) is 0.750. The van der Waals surface area contributed by atoms with E-state index in [1.54, 1.807) is 0 Å². The van der Waals surface area contributed by atoms with Crippen molar-refractivity contribution in [2.45, 2.75) is 155 Å². The number of unbranched alkanes of at least 4 members (excludes halogenated alkanes) is 11. The number of hydrogen-bond acceptors (Lipinski definition) is 3. The molecule has 0 aliphatic carbocycles. The average Bonchev–Trinajstić information content (AvgIpc) is 2.85. The van der Waals surface area contributed by atoms with Crippen molar-refractivity contribution in [1.29, 1.82) is 0 Å². The molecule has 0 spiro atoms. The minimum absolute atomic E-state index is 0.0308. The van der Waals surface area contributed by atoms with Gasteiger partial charge in [-0.25, -0.2) is 0 Å². The van der Waals surface area contributed by atoms with E-state index in [-0.39, 0.29) is 18.5 Å². The predicted octanol–water partition coefficient (Wildman–Crippen LogP) is 9.88. The van der Waals surface area contributed by atoms with Crippen LogP contribution >= 0.6 is 0 Å². The minimum atomic E-state index is -0.718. The van der Waals surface area contributed by atoms with Crippen LogP contribution in [-0.2, 0) is 14.3 Å². The number of hydrogen-bond donors (Lipinski definition) is 1. The van der Waals surface area contributed by atoms with E-state index in [1.165, 1.54) is 38.5 Å². The van der Waals surface area contributed by atoms with E-state index < -0.39 is 5.97 Å². The quantitative estimate of drug-likeness (QED) is 0.0723. The molecule has 0 bridgehead atoms. The van der Waals surface area contributed by atoms with Crippen molar-refractivity contribution in [1.82, 2.24) is 0 Å². The van der Waals surface area contributed by atoms with E-state index >= 15 is 0 Å². The van der Waals surface area contributed by atoms with E-state index in [2.05, 4.69) is 50.3 Å². The molecule has 0 heterocycles. The van der Waals surface area contributed by atoms with Gasteiger partial charge in [-0.1, -0.05) is 102 Å². The third-order valence-corrected chi connectivity index (χ3v) is 6.38. The van der Waals surface area contributed by atoms with Gasteiger partial charge in [-0.2, -0.15) is 0 Å². The molecule has 0 saturated heterocycles. The van der Waals surface area contributed by atoms with Crippen LogP contribution in [0.25, 0.3) is 0 Å². The first kappa shape index (κ1) is 34.2. The van der Waals surface area contributed by atoms with Crippen LogP contribution in [0, 0.1) is 0 Å². The predicted molar refractivity (Wildman–Crippen MR) is 153 cm³/mol. The standard InChI is InChI=1S/C32H56O4/c1-3-5-7-9-10-11-12-13-14-15-16-17-18-19-25-29-32(35)36-30(26-22-8-6-4-2)27-23-20-21-24-28-31(33)34/h5,7,10-11,13-14,30H,3-4,6,8-9,12,15-29H2,1-2H3,(H,33,34)/b7-5-,11-10-,14-13-. The number of rotatable bonds is 26. The molecule has 1 atom stereocenters. The Balaban J connectivity index is 3.88. The molecule has 4 nitrogen and oxygen atoms in total. The number of aliphatic carboxylic acids is 1. The van der Waals surface area contributed by atoms with Crippen molar-refractivity contribution in [3.8, 4) is 0 Å². The molecule has 0 radical (unpaired) electrons. The lowest BCUT2D eigenvalue weighted by atomic mass is 10.0. The number of carbonyl (C=O) groups is 2. The largest absolute Gasteiger partial charge is 0.481 e. The second kappa shape index (κ2) is 27.7. The molecule has 0 aromatic heterocycles. The monoisotopic (exact) mass is 504 g/mol. The summed E-state index contributed by atoms with van der Waals surface area (Å²) < 4.78 is 5.84. The highest BCUT2D eigenvalue weighted by molar-refractivity contribution is 5.69. The van der Waals surface area contributed by atoms with Gasteiger partial charge in [0.25, 0.3) is 0 Å². The molecule has 0 aromatic rings. The van der Waals surface area contributed by atoms with Crippen LogP contribution in [-0.4, -0.2) is 23.1 Å². The van der Waals surface area contributed by atoms with Crippen LogP contribution in [0.3, 0.4) is 0 Å². The maximum Gasteiger partial charge on any atom is 0.306 e. The van der Waals surface area contributed by atoms with Gasteiger partial charge in [0.1, 0.15) is 6.10 Å². The van der Waals surface area contributed by atoms with Crippen LogP contribution in [0.4, 0.5) is 0 Å². The summed E-state index contributed by atoms with van der Waals surface area (Å²) in [6, 6.07) is 0. The lowest BCUT2D eigenvalue weighted by Crippen LogP contribution is -2.18. The fourth-order valence-electron chi connectivity index (χ4n) is 4.20.